The summed E-state index contributed by atoms with van der Waals surface area (Å²) in [6.45, 7) is 8.09. The number of halogens is 1. The van der Waals surface area contributed by atoms with Crippen molar-refractivity contribution in [2.24, 2.45) is 4.99 Å². The molecule has 4 aromatic rings. The van der Waals surface area contributed by atoms with Crippen LogP contribution in [0.1, 0.15) is 30.3 Å². The molecule has 174 valence electrons. The average molecular weight is 557 g/mol. The Kier molecular flexibility index (Phi) is 9.29. The van der Waals surface area contributed by atoms with E-state index in [0.717, 1.165) is 55.5 Å². The highest BCUT2D eigenvalue weighted by molar-refractivity contribution is 14.0. The number of aryl methyl sites for hydroxylation is 2. The number of aromatic nitrogens is 4. The number of rotatable bonds is 9. The maximum absolute atomic E-state index is 4.73. The second-order valence-corrected chi connectivity index (χ2v) is 7.81. The van der Waals surface area contributed by atoms with E-state index in [1.54, 1.807) is 0 Å². The molecule has 0 fully saturated rings. The predicted octanol–water partition coefficient (Wildman–Crippen LogP) is 4.35. The number of benzene rings is 2. The van der Waals surface area contributed by atoms with Gasteiger partial charge in [0.15, 0.2) is 5.96 Å². The van der Waals surface area contributed by atoms with Crippen LogP contribution in [0, 0.1) is 6.92 Å². The van der Waals surface area contributed by atoms with Crippen molar-refractivity contribution in [1.29, 1.82) is 0 Å². The van der Waals surface area contributed by atoms with Crippen LogP contribution in [-0.2, 0) is 19.6 Å². The van der Waals surface area contributed by atoms with Gasteiger partial charge in [-0.25, -0.2) is 9.98 Å². The monoisotopic (exact) mass is 557 g/mol. The van der Waals surface area contributed by atoms with Gasteiger partial charge in [-0.2, -0.15) is 5.10 Å². The van der Waals surface area contributed by atoms with Crippen LogP contribution in [0.3, 0.4) is 0 Å². The molecule has 0 aliphatic carbocycles. The summed E-state index contributed by atoms with van der Waals surface area (Å²) in [7, 11) is 0. The highest BCUT2D eigenvalue weighted by Crippen LogP contribution is 2.15. The lowest BCUT2D eigenvalue weighted by Crippen LogP contribution is -2.38. The third kappa shape index (κ3) is 6.80. The van der Waals surface area contributed by atoms with E-state index in [1.807, 2.05) is 23.0 Å². The van der Waals surface area contributed by atoms with E-state index in [1.165, 1.54) is 11.1 Å². The number of nitrogens with zero attached hydrogens (tertiary/aromatic N) is 5. The maximum atomic E-state index is 4.73. The first-order chi connectivity index (χ1) is 15.7. The highest BCUT2D eigenvalue weighted by Gasteiger charge is 2.06. The Balaban J connectivity index is 0.00000306. The Morgan fingerprint density at radius 2 is 1.79 bits per heavy atom. The van der Waals surface area contributed by atoms with Gasteiger partial charge in [0.1, 0.15) is 5.82 Å². The number of fused-ring (bicyclic) bond motifs is 1. The molecule has 8 heteroatoms. The average Bonchev–Trinajstić information content (AvgIpc) is 3.39. The summed E-state index contributed by atoms with van der Waals surface area (Å²) in [6, 6.07) is 18.6. The van der Waals surface area contributed by atoms with E-state index in [0.29, 0.717) is 6.54 Å². The maximum Gasteiger partial charge on any atom is 0.191 e. The molecule has 0 unspecified atom stereocenters. The van der Waals surface area contributed by atoms with Gasteiger partial charge in [-0.05, 0) is 38.0 Å². The number of guanidine groups is 1. The van der Waals surface area contributed by atoms with Gasteiger partial charge in [0, 0.05) is 31.4 Å². The minimum atomic E-state index is 0. The van der Waals surface area contributed by atoms with Crippen molar-refractivity contribution < 1.29 is 0 Å². The molecule has 4 rings (SSSR count). The van der Waals surface area contributed by atoms with Crippen molar-refractivity contribution in [2.45, 2.75) is 39.9 Å². The zero-order valence-corrected chi connectivity index (χ0v) is 21.6. The molecule has 0 aliphatic heterocycles. The van der Waals surface area contributed by atoms with E-state index in [-0.39, 0.29) is 24.0 Å². The van der Waals surface area contributed by atoms with E-state index in [9.17, 15) is 0 Å². The van der Waals surface area contributed by atoms with Gasteiger partial charge in [0.2, 0.25) is 0 Å². The molecule has 0 bridgehead atoms. The molecule has 0 saturated carbocycles. The van der Waals surface area contributed by atoms with Gasteiger partial charge in [0.05, 0.1) is 30.3 Å². The molecule has 0 amide bonds. The molecule has 0 atom stereocenters. The van der Waals surface area contributed by atoms with E-state index in [2.05, 4.69) is 87.8 Å². The number of hydrogen-bond donors (Lipinski definition) is 2. The van der Waals surface area contributed by atoms with Gasteiger partial charge in [0.25, 0.3) is 0 Å². The topological polar surface area (TPSA) is 72.1 Å². The molecule has 2 aromatic carbocycles. The lowest BCUT2D eigenvalue weighted by Gasteiger charge is -2.12. The van der Waals surface area contributed by atoms with Crippen LogP contribution in [0.25, 0.3) is 11.0 Å². The third-order valence-electron chi connectivity index (χ3n) is 5.33. The van der Waals surface area contributed by atoms with Crippen LogP contribution < -0.4 is 10.6 Å². The summed E-state index contributed by atoms with van der Waals surface area (Å²) in [5, 5.41) is 11.2. The smallest absolute Gasteiger partial charge is 0.191 e. The lowest BCUT2D eigenvalue weighted by molar-refractivity contribution is 0.624. The van der Waals surface area contributed by atoms with Crippen molar-refractivity contribution in [2.75, 3.05) is 13.1 Å². The first-order valence-corrected chi connectivity index (χ1v) is 11.2. The second kappa shape index (κ2) is 12.4. The molecular formula is C25H32IN7. The fourth-order valence-corrected chi connectivity index (χ4v) is 3.78. The Labute approximate surface area is 212 Å². The fraction of sp³-hybridized carbons (Fsp3) is 0.320. The molecule has 2 heterocycles. The van der Waals surface area contributed by atoms with Gasteiger partial charge in [-0.1, -0.05) is 42.5 Å². The number of imidazole rings is 1. The molecule has 0 spiro atoms. The molecule has 33 heavy (non-hydrogen) atoms. The number of para-hydroxylation sites is 2. The van der Waals surface area contributed by atoms with Crippen LogP contribution in [-0.4, -0.2) is 38.4 Å². The zero-order chi connectivity index (χ0) is 22.2. The van der Waals surface area contributed by atoms with Crippen LogP contribution in [0.2, 0.25) is 0 Å². The van der Waals surface area contributed by atoms with E-state index < -0.39 is 0 Å². The quantitative estimate of drug-likeness (QED) is 0.139. The highest BCUT2D eigenvalue weighted by atomic mass is 127. The summed E-state index contributed by atoms with van der Waals surface area (Å²) in [6.07, 6.45) is 4.94. The Morgan fingerprint density at radius 3 is 2.61 bits per heavy atom. The minimum absolute atomic E-state index is 0. The van der Waals surface area contributed by atoms with Gasteiger partial charge >= 0.3 is 0 Å². The zero-order valence-electron chi connectivity index (χ0n) is 19.2. The summed E-state index contributed by atoms with van der Waals surface area (Å²) in [5.41, 5.74) is 4.58. The molecule has 0 radical (unpaired) electrons. The Morgan fingerprint density at radius 1 is 1.00 bits per heavy atom. The van der Waals surface area contributed by atoms with Gasteiger partial charge < -0.3 is 15.2 Å². The normalized spacial score (nSPS) is 11.4. The SMILES string of the molecule is CCNC(=NCc1cnn(Cc2ccccc2)c1)NCCCn1c(C)nc2ccccc21.I. The van der Waals surface area contributed by atoms with Crippen molar-refractivity contribution in [1.82, 2.24) is 30.0 Å². The van der Waals surface area contributed by atoms with Crippen LogP contribution in [0.4, 0.5) is 0 Å². The van der Waals surface area contributed by atoms with Crippen LogP contribution in [0.5, 0.6) is 0 Å². The lowest BCUT2D eigenvalue weighted by atomic mass is 10.2. The van der Waals surface area contributed by atoms with E-state index in [4.69, 9.17) is 4.99 Å². The number of hydrogen-bond acceptors (Lipinski definition) is 3. The molecule has 0 saturated heterocycles. The molecule has 0 aliphatic rings. The Bertz CT molecular complexity index is 1160. The molecule has 2 aromatic heterocycles. The summed E-state index contributed by atoms with van der Waals surface area (Å²) >= 11 is 0. The van der Waals surface area contributed by atoms with Crippen LogP contribution in [0.15, 0.2) is 72.0 Å². The predicted molar refractivity (Wildman–Crippen MR) is 145 cm³/mol. The van der Waals surface area contributed by atoms with Crippen molar-refractivity contribution in [3.05, 3.63) is 83.9 Å². The van der Waals surface area contributed by atoms with E-state index >= 15 is 0 Å². The standard InChI is InChI=1S/C25H31N7.HI/c1-3-26-25(27-14-9-15-32-20(2)30-23-12-7-8-13-24(23)32)28-16-22-17-29-31(19-22)18-21-10-5-4-6-11-21;/h4-8,10-13,17,19H,3,9,14-16,18H2,1-2H3,(H2,26,27,28);1H. The third-order valence-corrected chi connectivity index (χ3v) is 5.33. The van der Waals surface area contributed by atoms with Crippen LogP contribution >= 0.6 is 24.0 Å². The van der Waals surface area contributed by atoms with Crippen molar-refractivity contribution in [3.63, 3.8) is 0 Å². The molecular weight excluding hydrogens is 525 g/mol. The van der Waals surface area contributed by atoms with Gasteiger partial charge in [-0.3, -0.25) is 4.68 Å². The summed E-state index contributed by atoms with van der Waals surface area (Å²) < 4.78 is 4.24. The largest absolute Gasteiger partial charge is 0.357 e. The van der Waals surface area contributed by atoms with Crippen molar-refractivity contribution >= 4 is 41.0 Å². The second-order valence-electron chi connectivity index (χ2n) is 7.81. The van der Waals surface area contributed by atoms with Gasteiger partial charge in [-0.15, -0.1) is 24.0 Å². The number of nitrogens with one attached hydrogen (secondary N) is 2. The Hall–Kier alpha value is -2.88. The minimum Gasteiger partial charge on any atom is -0.357 e. The molecule has 2 N–H and O–H groups in total. The summed E-state index contributed by atoms with van der Waals surface area (Å²) in [5.74, 6) is 1.88. The molecule has 7 nitrogen and oxygen atoms in total. The first kappa shape index (κ1) is 24.8. The number of aliphatic imine (C=N–C) groups is 1. The fourth-order valence-electron chi connectivity index (χ4n) is 3.78. The first-order valence-electron chi connectivity index (χ1n) is 11.2. The summed E-state index contributed by atoms with van der Waals surface area (Å²) in [4.78, 5) is 9.37. The van der Waals surface area contributed by atoms with Crippen molar-refractivity contribution in [3.8, 4) is 0 Å².